The van der Waals surface area contributed by atoms with Gasteiger partial charge < -0.3 is 23.9 Å². The molecule has 0 fully saturated rings. The Balaban J connectivity index is 1.50. The highest BCUT2D eigenvalue weighted by molar-refractivity contribution is 7.99. The van der Waals surface area contributed by atoms with Gasteiger partial charge in [0, 0.05) is 23.9 Å². The third-order valence-corrected chi connectivity index (χ3v) is 6.99. The van der Waals surface area contributed by atoms with Gasteiger partial charge >= 0.3 is 0 Å². The number of anilines is 1. The molecule has 3 rings (SSSR count). The second-order valence-electron chi connectivity index (χ2n) is 9.30. The van der Waals surface area contributed by atoms with Crippen LogP contribution < -0.4 is 19.5 Å². The van der Waals surface area contributed by atoms with Gasteiger partial charge in [-0.1, -0.05) is 64.1 Å². The fraction of sp³-hybridized carbons (Fsp3) is 0.500. The van der Waals surface area contributed by atoms with E-state index in [0.29, 0.717) is 51.8 Å². The molecule has 1 aromatic heterocycles. The molecule has 7 nitrogen and oxygen atoms in total. The summed E-state index contributed by atoms with van der Waals surface area (Å²) in [5.41, 5.74) is 4.57. The molecule has 1 N–H and O–H groups in total. The van der Waals surface area contributed by atoms with Gasteiger partial charge in [-0.25, -0.2) is 0 Å². The van der Waals surface area contributed by atoms with Crippen molar-refractivity contribution in [2.75, 3.05) is 32.4 Å². The van der Waals surface area contributed by atoms with Crippen molar-refractivity contribution in [3.8, 4) is 17.2 Å². The van der Waals surface area contributed by atoms with Crippen LogP contribution in [-0.4, -0.2) is 38.0 Å². The summed E-state index contributed by atoms with van der Waals surface area (Å²) in [7, 11) is 4.70. The Morgan fingerprint density at radius 2 is 1.64 bits per heavy atom. The number of aromatic nitrogens is 1. The highest BCUT2D eigenvalue weighted by Crippen LogP contribution is 2.44. The van der Waals surface area contributed by atoms with Crippen molar-refractivity contribution in [1.29, 1.82) is 0 Å². The molecule has 1 amide bonds. The van der Waals surface area contributed by atoms with Gasteiger partial charge in [0.2, 0.25) is 11.7 Å². The molecule has 3 aromatic rings. The van der Waals surface area contributed by atoms with Crippen LogP contribution in [0.5, 0.6) is 17.2 Å². The van der Waals surface area contributed by atoms with Crippen LogP contribution in [-0.2, 0) is 4.79 Å². The predicted molar refractivity (Wildman–Crippen MR) is 146 cm³/mol. The van der Waals surface area contributed by atoms with Crippen molar-refractivity contribution in [2.24, 2.45) is 0 Å². The number of nitrogens with zero attached hydrogens (tertiary/aromatic N) is 1. The minimum atomic E-state index is 0.0755. The molecule has 0 radical (unpaired) electrons. The molecule has 0 aliphatic heterocycles. The molecule has 1 heterocycles. The number of fused-ring (bicyclic) bond motifs is 1. The standard InChI is InChI=1S/C28H38N2O5S/c1-17(2)19-12-11-13-20(18(3)4)24(19)29-23(31)14-9-8-10-15-36-28-30-25-21(35-28)16-22(32-5)26(33-6)27(25)34-7/h11-13,16-18H,8-10,14-15H2,1-7H3,(H,29,31). The van der Waals surface area contributed by atoms with Gasteiger partial charge in [0.05, 0.1) is 21.3 Å². The number of unbranched alkanes of at least 4 members (excludes halogenated alkanes) is 2. The number of para-hydroxylation sites is 1. The lowest BCUT2D eigenvalue weighted by Gasteiger charge is -2.20. The lowest BCUT2D eigenvalue weighted by Crippen LogP contribution is -2.15. The monoisotopic (exact) mass is 514 g/mol. The number of amides is 1. The summed E-state index contributed by atoms with van der Waals surface area (Å²) in [6, 6.07) is 8.06. The molecule has 8 heteroatoms. The van der Waals surface area contributed by atoms with E-state index >= 15 is 0 Å². The Kier molecular flexibility index (Phi) is 9.93. The van der Waals surface area contributed by atoms with Crippen molar-refractivity contribution in [2.45, 2.75) is 70.4 Å². The van der Waals surface area contributed by atoms with Gasteiger partial charge in [-0.05, 0) is 35.8 Å². The van der Waals surface area contributed by atoms with Gasteiger partial charge in [-0.15, -0.1) is 0 Å². The minimum Gasteiger partial charge on any atom is -0.493 e. The molecular formula is C28H38N2O5S. The number of methoxy groups -OCH3 is 3. The lowest BCUT2D eigenvalue weighted by molar-refractivity contribution is -0.116. The number of hydrogen-bond donors (Lipinski definition) is 1. The van der Waals surface area contributed by atoms with Gasteiger partial charge in [0.15, 0.2) is 22.6 Å². The Morgan fingerprint density at radius 1 is 0.972 bits per heavy atom. The zero-order valence-electron chi connectivity index (χ0n) is 22.4. The van der Waals surface area contributed by atoms with Crippen LogP contribution in [0.15, 0.2) is 33.9 Å². The number of carbonyl (C=O) groups is 1. The maximum atomic E-state index is 12.7. The quantitative estimate of drug-likeness (QED) is 0.188. The van der Waals surface area contributed by atoms with Gasteiger partial charge in [0.1, 0.15) is 0 Å². The number of oxazole rings is 1. The Bertz CT molecular complexity index is 1150. The van der Waals surface area contributed by atoms with E-state index in [1.54, 1.807) is 39.2 Å². The first-order valence-corrected chi connectivity index (χ1v) is 13.4. The third-order valence-electron chi connectivity index (χ3n) is 6.08. The fourth-order valence-electron chi connectivity index (χ4n) is 4.19. The average molecular weight is 515 g/mol. The summed E-state index contributed by atoms with van der Waals surface area (Å²) >= 11 is 1.55. The number of hydrogen-bond acceptors (Lipinski definition) is 7. The number of rotatable bonds is 13. The van der Waals surface area contributed by atoms with E-state index in [-0.39, 0.29) is 5.91 Å². The van der Waals surface area contributed by atoms with Crippen molar-refractivity contribution in [1.82, 2.24) is 4.98 Å². The summed E-state index contributed by atoms with van der Waals surface area (Å²) in [6.07, 6.45) is 3.26. The van der Waals surface area contributed by atoms with Crippen LogP contribution in [0, 0.1) is 0 Å². The SMILES string of the molecule is COc1cc2oc(SCCCCCC(=O)Nc3c(C(C)C)cccc3C(C)C)nc2c(OC)c1OC. The van der Waals surface area contributed by atoms with E-state index in [2.05, 4.69) is 56.2 Å². The minimum absolute atomic E-state index is 0.0755. The molecule has 2 aromatic carbocycles. The molecule has 0 aliphatic rings. The summed E-state index contributed by atoms with van der Waals surface area (Å²) in [5, 5.41) is 3.77. The van der Waals surface area contributed by atoms with Crippen molar-refractivity contribution >= 4 is 34.5 Å². The number of nitrogens with one attached hydrogen (secondary N) is 1. The van der Waals surface area contributed by atoms with Crippen LogP contribution in [0.4, 0.5) is 5.69 Å². The van der Waals surface area contributed by atoms with Crippen molar-refractivity contribution < 1.29 is 23.4 Å². The lowest BCUT2D eigenvalue weighted by atomic mass is 9.92. The molecule has 36 heavy (non-hydrogen) atoms. The topological polar surface area (TPSA) is 82.8 Å². The summed E-state index contributed by atoms with van der Waals surface area (Å²) in [6.45, 7) is 8.64. The first-order valence-electron chi connectivity index (χ1n) is 12.5. The highest BCUT2D eigenvalue weighted by atomic mass is 32.2. The first kappa shape index (κ1) is 27.7. The normalized spacial score (nSPS) is 11.4. The molecule has 0 atom stereocenters. The largest absolute Gasteiger partial charge is 0.493 e. The van der Waals surface area contributed by atoms with E-state index in [1.165, 1.54) is 11.1 Å². The number of thioether (sulfide) groups is 1. The van der Waals surface area contributed by atoms with Crippen LogP contribution >= 0.6 is 11.8 Å². The molecule has 0 aliphatic carbocycles. The van der Waals surface area contributed by atoms with E-state index in [1.807, 2.05) is 0 Å². The second kappa shape index (κ2) is 12.9. The number of carbonyl (C=O) groups excluding carboxylic acids is 1. The van der Waals surface area contributed by atoms with Crippen LogP contribution in [0.25, 0.3) is 11.1 Å². The molecular weight excluding hydrogens is 476 g/mol. The summed E-state index contributed by atoms with van der Waals surface area (Å²) in [4.78, 5) is 17.3. The molecule has 0 bridgehead atoms. The van der Waals surface area contributed by atoms with Crippen molar-refractivity contribution in [3.05, 3.63) is 35.4 Å². The molecule has 0 unspecified atom stereocenters. The fourth-order valence-corrected chi connectivity index (χ4v) is 5.02. The molecule has 0 saturated heterocycles. The Hall–Kier alpha value is -2.87. The van der Waals surface area contributed by atoms with E-state index in [0.717, 1.165) is 30.7 Å². The van der Waals surface area contributed by atoms with E-state index in [9.17, 15) is 4.79 Å². The van der Waals surface area contributed by atoms with Crippen LogP contribution in [0.1, 0.15) is 76.3 Å². The molecule has 0 spiro atoms. The maximum absolute atomic E-state index is 12.7. The van der Waals surface area contributed by atoms with Crippen molar-refractivity contribution in [3.63, 3.8) is 0 Å². The smallest absolute Gasteiger partial charge is 0.256 e. The predicted octanol–water partition coefficient (Wildman–Crippen LogP) is 7.39. The summed E-state index contributed by atoms with van der Waals surface area (Å²) < 4.78 is 22.2. The highest BCUT2D eigenvalue weighted by Gasteiger charge is 2.21. The Labute approximate surface area is 218 Å². The van der Waals surface area contributed by atoms with Gasteiger partial charge in [0.25, 0.3) is 5.22 Å². The Morgan fingerprint density at radius 3 is 2.22 bits per heavy atom. The third kappa shape index (κ3) is 6.46. The zero-order valence-corrected chi connectivity index (χ0v) is 23.2. The second-order valence-corrected chi connectivity index (χ2v) is 10.3. The maximum Gasteiger partial charge on any atom is 0.256 e. The first-order chi connectivity index (χ1) is 17.3. The summed E-state index contributed by atoms with van der Waals surface area (Å²) in [5.74, 6) is 3.14. The number of benzene rings is 2. The van der Waals surface area contributed by atoms with Gasteiger partial charge in [-0.2, -0.15) is 4.98 Å². The van der Waals surface area contributed by atoms with Gasteiger partial charge in [-0.3, -0.25) is 4.79 Å². The average Bonchev–Trinajstić information content (AvgIpc) is 3.26. The van der Waals surface area contributed by atoms with Crippen LogP contribution in [0.2, 0.25) is 0 Å². The van der Waals surface area contributed by atoms with E-state index in [4.69, 9.17) is 18.6 Å². The molecule has 0 saturated carbocycles. The number of ether oxygens (including phenoxy) is 3. The molecule has 196 valence electrons. The van der Waals surface area contributed by atoms with E-state index < -0.39 is 0 Å². The zero-order chi connectivity index (χ0) is 26.2. The van der Waals surface area contributed by atoms with Crippen LogP contribution in [0.3, 0.4) is 0 Å².